The lowest BCUT2D eigenvalue weighted by molar-refractivity contribution is -0.150. The van der Waals surface area contributed by atoms with Crippen LogP contribution in [0.2, 0.25) is 0 Å². The van der Waals surface area contributed by atoms with Crippen molar-refractivity contribution in [3.05, 3.63) is 22.2 Å². The molecule has 1 aromatic rings. The highest BCUT2D eigenvalue weighted by molar-refractivity contribution is 9.10. The number of methoxy groups -OCH3 is 1. The van der Waals surface area contributed by atoms with Crippen molar-refractivity contribution < 1.29 is 24.2 Å². The van der Waals surface area contributed by atoms with Gasteiger partial charge in [-0.05, 0) is 37.5 Å². The first-order valence-electron chi connectivity index (χ1n) is 6.45. The van der Waals surface area contributed by atoms with Crippen molar-refractivity contribution in [1.29, 1.82) is 0 Å². The first kappa shape index (κ1) is 15.8. The van der Waals surface area contributed by atoms with Crippen LogP contribution in [0.25, 0.3) is 0 Å². The SMILES string of the molecule is COc1cc(Br)cc(C)c1NC(=O)C1CCC(C(=O)O)O1. The number of hydrogen-bond acceptors (Lipinski definition) is 4. The Morgan fingerprint density at radius 3 is 2.62 bits per heavy atom. The predicted octanol–water partition coefficient (Wildman–Crippen LogP) is 2.34. The Hall–Kier alpha value is -1.60. The summed E-state index contributed by atoms with van der Waals surface area (Å²) in [4.78, 5) is 23.0. The van der Waals surface area contributed by atoms with Crippen LogP contribution in [-0.2, 0) is 14.3 Å². The number of rotatable bonds is 4. The van der Waals surface area contributed by atoms with E-state index in [1.165, 1.54) is 7.11 Å². The third-order valence-corrected chi connectivity index (χ3v) is 3.78. The molecule has 2 unspecified atom stereocenters. The van der Waals surface area contributed by atoms with Gasteiger partial charge < -0.3 is 19.9 Å². The molecule has 7 heteroatoms. The highest BCUT2D eigenvalue weighted by atomic mass is 79.9. The average Bonchev–Trinajstić information content (AvgIpc) is 2.91. The number of benzene rings is 1. The number of carbonyl (C=O) groups is 2. The number of nitrogens with one attached hydrogen (secondary N) is 1. The molecule has 1 aromatic carbocycles. The summed E-state index contributed by atoms with van der Waals surface area (Å²) in [6, 6.07) is 3.60. The van der Waals surface area contributed by atoms with Gasteiger partial charge in [-0.2, -0.15) is 0 Å². The quantitative estimate of drug-likeness (QED) is 0.863. The van der Waals surface area contributed by atoms with Crippen LogP contribution in [0, 0.1) is 6.92 Å². The van der Waals surface area contributed by atoms with Gasteiger partial charge in [-0.1, -0.05) is 15.9 Å². The Bertz CT molecular complexity index is 575. The topological polar surface area (TPSA) is 84.9 Å². The number of carboxylic acids is 1. The zero-order valence-corrected chi connectivity index (χ0v) is 13.3. The lowest BCUT2D eigenvalue weighted by atomic mass is 10.1. The number of amides is 1. The number of anilines is 1. The van der Waals surface area contributed by atoms with E-state index in [2.05, 4.69) is 21.2 Å². The summed E-state index contributed by atoms with van der Waals surface area (Å²) in [5, 5.41) is 11.6. The van der Waals surface area contributed by atoms with Crippen molar-refractivity contribution in [2.24, 2.45) is 0 Å². The molecule has 2 N–H and O–H groups in total. The molecule has 6 nitrogen and oxygen atoms in total. The second-order valence-corrected chi connectivity index (χ2v) is 5.73. The second kappa shape index (κ2) is 6.44. The molecule has 0 radical (unpaired) electrons. The molecule has 1 aliphatic rings. The fourth-order valence-electron chi connectivity index (χ4n) is 2.25. The Morgan fingerprint density at radius 1 is 1.38 bits per heavy atom. The van der Waals surface area contributed by atoms with Crippen LogP contribution in [0.4, 0.5) is 5.69 Å². The van der Waals surface area contributed by atoms with E-state index in [0.717, 1.165) is 10.0 Å². The van der Waals surface area contributed by atoms with E-state index in [9.17, 15) is 9.59 Å². The van der Waals surface area contributed by atoms with E-state index in [-0.39, 0.29) is 5.91 Å². The minimum Gasteiger partial charge on any atom is -0.495 e. The van der Waals surface area contributed by atoms with E-state index in [1.54, 1.807) is 6.07 Å². The zero-order valence-electron chi connectivity index (χ0n) is 11.7. The molecule has 114 valence electrons. The first-order valence-corrected chi connectivity index (χ1v) is 7.25. The molecule has 21 heavy (non-hydrogen) atoms. The van der Waals surface area contributed by atoms with Crippen molar-refractivity contribution in [2.45, 2.75) is 32.0 Å². The van der Waals surface area contributed by atoms with Gasteiger partial charge in [0.2, 0.25) is 0 Å². The van der Waals surface area contributed by atoms with Gasteiger partial charge in [0.05, 0.1) is 12.8 Å². The van der Waals surface area contributed by atoms with Crippen molar-refractivity contribution in [3.63, 3.8) is 0 Å². The highest BCUT2D eigenvalue weighted by Gasteiger charge is 2.35. The van der Waals surface area contributed by atoms with Crippen LogP contribution < -0.4 is 10.1 Å². The second-order valence-electron chi connectivity index (χ2n) is 4.82. The Balaban J connectivity index is 2.12. The highest BCUT2D eigenvalue weighted by Crippen LogP contribution is 2.33. The molecule has 1 saturated heterocycles. The lowest BCUT2D eigenvalue weighted by Gasteiger charge is -2.16. The van der Waals surface area contributed by atoms with Crippen LogP contribution in [-0.4, -0.2) is 36.3 Å². The van der Waals surface area contributed by atoms with Gasteiger partial charge in [-0.3, -0.25) is 4.79 Å². The van der Waals surface area contributed by atoms with E-state index < -0.39 is 18.2 Å². The fraction of sp³-hybridized carbons (Fsp3) is 0.429. The Morgan fingerprint density at radius 2 is 2.05 bits per heavy atom. The molecule has 0 aromatic heterocycles. The number of halogens is 1. The standard InChI is InChI=1S/C14H16BrNO5/c1-7-5-8(15)6-11(20-2)12(7)16-13(17)9-3-4-10(21-9)14(18)19/h5-6,9-10H,3-4H2,1-2H3,(H,16,17)(H,18,19). The summed E-state index contributed by atoms with van der Waals surface area (Å²) in [5.41, 5.74) is 1.40. The smallest absolute Gasteiger partial charge is 0.332 e. The molecular weight excluding hydrogens is 342 g/mol. The molecular formula is C14H16BrNO5. The normalized spacial score (nSPS) is 21.1. The lowest BCUT2D eigenvalue weighted by Crippen LogP contribution is -2.30. The van der Waals surface area contributed by atoms with Gasteiger partial charge in [0, 0.05) is 4.47 Å². The minimum absolute atomic E-state index is 0.337. The molecule has 1 fully saturated rings. The van der Waals surface area contributed by atoms with Gasteiger partial charge in [0.15, 0.2) is 6.10 Å². The maximum absolute atomic E-state index is 12.2. The minimum atomic E-state index is -1.04. The van der Waals surface area contributed by atoms with Crippen LogP contribution >= 0.6 is 15.9 Å². The summed E-state index contributed by atoms with van der Waals surface area (Å²) in [7, 11) is 1.52. The van der Waals surface area contributed by atoms with Crippen molar-refractivity contribution in [3.8, 4) is 5.75 Å². The van der Waals surface area contributed by atoms with Gasteiger partial charge in [-0.25, -0.2) is 4.79 Å². The molecule has 1 aliphatic heterocycles. The maximum atomic E-state index is 12.2. The number of hydrogen-bond donors (Lipinski definition) is 2. The van der Waals surface area contributed by atoms with E-state index in [0.29, 0.717) is 24.3 Å². The molecule has 0 bridgehead atoms. The van der Waals surface area contributed by atoms with Gasteiger partial charge in [0.25, 0.3) is 5.91 Å². The van der Waals surface area contributed by atoms with Gasteiger partial charge >= 0.3 is 5.97 Å². The summed E-state index contributed by atoms with van der Waals surface area (Å²) in [6.45, 7) is 1.85. The molecule has 2 atom stereocenters. The fourth-order valence-corrected chi connectivity index (χ4v) is 2.80. The van der Waals surface area contributed by atoms with Crippen molar-refractivity contribution in [1.82, 2.24) is 0 Å². The van der Waals surface area contributed by atoms with E-state index >= 15 is 0 Å². The third-order valence-electron chi connectivity index (χ3n) is 3.32. The molecule has 0 aliphatic carbocycles. The van der Waals surface area contributed by atoms with Crippen LogP contribution in [0.3, 0.4) is 0 Å². The number of aliphatic carboxylic acids is 1. The average molecular weight is 358 g/mol. The molecule has 0 spiro atoms. The monoisotopic (exact) mass is 357 g/mol. The molecule has 1 amide bonds. The Kier molecular flexibility index (Phi) is 4.84. The Labute approximate surface area is 130 Å². The van der Waals surface area contributed by atoms with Crippen LogP contribution in [0.15, 0.2) is 16.6 Å². The number of carbonyl (C=O) groups excluding carboxylic acids is 1. The summed E-state index contributed by atoms with van der Waals surface area (Å²) in [6.07, 6.45) is -0.933. The number of carboxylic acid groups (broad SMARTS) is 1. The predicted molar refractivity (Wildman–Crippen MR) is 79.6 cm³/mol. The molecule has 1 heterocycles. The number of aryl methyl sites for hydroxylation is 1. The van der Waals surface area contributed by atoms with Crippen molar-refractivity contribution in [2.75, 3.05) is 12.4 Å². The van der Waals surface area contributed by atoms with E-state index in [1.807, 2.05) is 13.0 Å². The molecule has 0 saturated carbocycles. The summed E-state index contributed by atoms with van der Waals surface area (Å²) in [5.74, 6) is -0.867. The van der Waals surface area contributed by atoms with Gasteiger partial charge in [-0.15, -0.1) is 0 Å². The summed E-state index contributed by atoms with van der Waals surface area (Å²) >= 11 is 3.36. The van der Waals surface area contributed by atoms with Crippen LogP contribution in [0.1, 0.15) is 18.4 Å². The third kappa shape index (κ3) is 3.54. The van der Waals surface area contributed by atoms with E-state index in [4.69, 9.17) is 14.6 Å². The largest absolute Gasteiger partial charge is 0.495 e. The zero-order chi connectivity index (χ0) is 15.6. The van der Waals surface area contributed by atoms with Crippen LogP contribution in [0.5, 0.6) is 5.75 Å². The summed E-state index contributed by atoms with van der Waals surface area (Å²) < 4.78 is 11.3. The number of ether oxygens (including phenoxy) is 2. The van der Waals surface area contributed by atoms with Gasteiger partial charge in [0.1, 0.15) is 11.9 Å². The maximum Gasteiger partial charge on any atom is 0.332 e. The molecule has 2 rings (SSSR count). The van der Waals surface area contributed by atoms with Crippen molar-refractivity contribution >= 4 is 33.5 Å². The first-order chi connectivity index (χ1) is 9.92.